The molecule has 0 saturated heterocycles. The molecule has 3 nitrogen and oxygen atoms in total. The Morgan fingerprint density at radius 3 is 2.88 bits per heavy atom. The highest BCUT2D eigenvalue weighted by Gasteiger charge is 2.20. The lowest BCUT2D eigenvalue weighted by molar-refractivity contribution is 0.103. The van der Waals surface area contributed by atoms with Crippen molar-refractivity contribution in [2.24, 2.45) is 0 Å². The van der Waals surface area contributed by atoms with Gasteiger partial charge in [0.25, 0.3) is 0 Å². The maximum absolute atomic E-state index is 12.3. The molecule has 2 rings (SSSR count). The molecule has 0 aromatic carbocycles. The predicted molar refractivity (Wildman–Crippen MR) is 73.1 cm³/mol. The molecular formula is C11H10BrClN2OS. The molecule has 0 radical (unpaired) electrons. The van der Waals surface area contributed by atoms with Crippen molar-refractivity contribution in [3.05, 3.63) is 37.2 Å². The van der Waals surface area contributed by atoms with E-state index < -0.39 is 0 Å². The molecule has 0 spiro atoms. The van der Waals surface area contributed by atoms with E-state index in [-0.39, 0.29) is 5.78 Å². The third kappa shape index (κ3) is 2.32. The molecule has 6 heteroatoms. The van der Waals surface area contributed by atoms with Crippen LogP contribution >= 0.6 is 38.9 Å². The van der Waals surface area contributed by atoms with E-state index in [0.29, 0.717) is 22.1 Å². The lowest BCUT2D eigenvalue weighted by atomic mass is 10.2. The van der Waals surface area contributed by atoms with Crippen LogP contribution in [0.2, 0.25) is 5.02 Å². The second-order valence-electron chi connectivity index (χ2n) is 3.55. The van der Waals surface area contributed by atoms with Crippen LogP contribution in [-0.4, -0.2) is 15.6 Å². The van der Waals surface area contributed by atoms with Crippen LogP contribution in [0, 0.1) is 6.92 Å². The zero-order valence-corrected chi connectivity index (χ0v) is 12.5. The van der Waals surface area contributed by atoms with E-state index in [4.69, 9.17) is 11.6 Å². The van der Waals surface area contributed by atoms with Gasteiger partial charge >= 0.3 is 0 Å². The quantitative estimate of drug-likeness (QED) is 0.798. The summed E-state index contributed by atoms with van der Waals surface area (Å²) in [5.41, 5.74) is 1.51. The number of aryl methyl sites for hydroxylation is 2. The molecule has 0 aliphatic heterocycles. The summed E-state index contributed by atoms with van der Waals surface area (Å²) in [6.07, 6.45) is 1.51. The fourth-order valence-electron chi connectivity index (χ4n) is 1.52. The van der Waals surface area contributed by atoms with Crippen molar-refractivity contribution in [2.45, 2.75) is 20.4 Å². The summed E-state index contributed by atoms with van der Waals surface area (Å²) in [5, 5.41) is 4.47. The summed E-state index contributed by atoms with van der Waals surface area (Å²) >= 11 is 10.8. The van der Waals surface area contributed by atoms with Crippen molar-refractivity contribution in [2.75, 3.05) is 0 Å². The predicted octanol–water partition coefficient (Wildman–Crippen LogP) is 3.92. The van der Waals surface area contributed by atoms with Gasteiger partial charge in [-0.1, -0.05) is 11.6 Å². The van der Waals surface area contributed by atoms with Crippen LogP contribution in [0.5, 0.6) is 0 Å². The van der Waals surface area contributed by atoms with Crippen LogP contribution in [0.15, 0.2) is 16.0 Å². The highest BCUT2D eigenvalue weighted by molar-refractivity contribution is 9.11. The SMILES string of the molecule is CCn1ncc(Cl)c1C(=O)c1cc(C)c(Br)s1. The zero-order chi connectivity index (χ0) is 12.6. The van der Waals surface area contributed by atoms with Gasteiger partial charge in [-0.2, -0.15) is 5.10 Å². The fourth-order valence-corrected chi connectivity index (χ4v) is 3.22. The summed E-state index contributed by atoms with van der Waals surface area (Å²) in [5.74, 6) is -0.0758. The Morgan fingerprint density at radius 2 is 2.35 bits per heavy atom. The zero-order valence-electron chi connectivity index (χ0n) is 9.33. The number of carbonyl (C=O) groups is 1. The van der Waals surface area contributed by atoms with Gasteiger partial charge in [-0.3, -0.25) is 9.48 Å². The monoisotopic (exact) mass is 332 g/mol. The summed E-state index contributed by atoms with van der Waals surface area (Å²) in [6, 6.07) is 1.86. The van der Waals surface area contributed by atoms with Gasteiger partial charge in [0.2, 0.25) is 5.78 Å². The number of hydrogen-bond acceptors (Lipinski definition) is 3. The summed E-state index contributed by atoms with van der Waals surface area (Å²) in [4.78, 5) is 13.0. The molecule has 0 bridgehead atoms. The van der Waals surface area contributed by atoms with Gasteiger partial charge in [0.05, 0.1) is 19.9 Å². The molecule has 2 heterocycles. The molecule has 0 saturated carbocycles. The Bertz CT molecular complexity index is 557. The number of halogens is 2. The van der Waals surface area contributed by atoms with E-state index >= 15 is 0 Å². The van der Waals surface area contributed by atoms with Gasteiger partial charge in [-0.25, -0.2) is 0 Å². The Labute approximate surface area is 117 Å². The highest BCUT2D eigenvalue weighted by atomic mass is 79.9. The maximum atomic E-state index is 12.3. The summed E-state index contributed by atoms with van der Waals surface area (Å²) in [6.45, 7) is 4.51. The Hall–Kier alpha value is -0.650. The minimum Gasteiger partial charge on any atom is -0.286 e. The number of ketones is 1. The largest absolute Gasteiger partial charge is 0.286 e. The number of rotatable bonds is 3. The van der Waals surface area contributed by atoms with E-state index in [1.807, 2.05) is 19.9 Å². The molecular weight excluding hydrogens is 324 g/mol. The van der Waals surface area contributed by atoms with Gasteiger partial charge in [-0.05, 0) is 41.4 Å². The van der Waals surface area contributed by atoms with Gasteiger partial charge < -0.3 is 0 Å². The number of nitrogens with zero attached hydrogens (tertiary/aromatic N) is 2. The first-order valence-corrected chi connectivity index (χ1v) is 7.05. The van der Waals surface area contributed by atoms with Crippen LogP contribution in [0.25, 0.3) is 0 Å². The second-order valence-corrected chi connectivity index (χ2v) is 6.33. The molecule has 0 aliphatic carbocycles. The topological polar surface area (TPSA) is 34.9 Å². The number of aromatic nitrogens is 2. The van der Waals surface area contributed by atoms with Gasteiger partial charge in [0, 0.05) is 6.54 Å². The smallest absolute Gasteiger partial charge is 0.222 e. The number of carbonyl (C=O) groups excluding carboxylic acids is 1. The molecule has 0 unspecified atom stereocenters. The van der Waals surface area contributed by atoms with Crippen LogP contribution in [-0.2, 0) is 6.54 Å². The molecule has 0 aliphatic rings. The molecule has 0 N–H and O–H groups in total. The van der Waals surface area contributed by atoms with Gasteiger partial charge in [-0.15, -0.1) is 11.3 Å². The van der Waals surface area contributed by atoms with Crippen molar-refractivity contribution in [1.29, 1.82) is 0 Å². The lowest BCUT2D eigenvalue weighted by Gasteiger charge is -2.02. The van der Waals surface area contributed by atoms with Crippen molar-refractivity contribution in [3.63, 3.8) is 0 Å². The van der Waals surface area contributed by atoms with Gasteiger partial charge in [0.1, 0.15) is 5.69 Å². The molecule has 2 aromatic heterocycles. The summed E-state index contributed by atoms with van der Waals surface area (Å²) in [7, 11) is 0. The van der Waals surface area contributed by atoms with Crippen molar-refractivity contribution < 1.29 is 4.79 Å². The van der Waals surface area contributed by atoms with E-state index in [1.54, 1.807) is 4.68 Å². The summed E-state index contributed by atoms with van der Waals surface area (Å²) < 4.78 is 2.59. The molecule has 0 fully saturated rings. The Morgan fingerprint density at radius 1 is 1.65 bits per heavy atom. The Kier molecular flexibility index (Phi) is 3.70. The van der Waals surface area contributed by atoms with E-state index in [2.05, 4.69) is 21.0 Å². The van der Waals surface area contributed by atoms with Gasteiger partial charge in [0.15, 0.2) is 0 Å². The van der Waals surface area contributed by atoms with Crippen LogP contribution in [0.1, 0.15) is 27.9 Å². The van der Waals surface area contributed by atoms with Crippen LogP contribution < -0.4 is 0 Å². The Balaban J connectivity index is 2.46. The van der Waals surface area contributed by atoms with E-state index in [1.165, 1.54) is 17.5 Å². The molecule has 0 atom stereocenters. The van der Waals surface area contributed by atoms with Crippen LogP contribution in [0.3, 0.4) is 0 Å². The minimum absolute atomic E-state index is 0.0758. The lowest BCUT2D eigenvalue weighted by Crippen LogP contribution is -2.09. The first kappa shape index (κ1) is 12.8. The van der Waals surface area contributed by atoms with Crippen LogP contribution in [0.4, 0.5) is 0 Å². The normalized spacial score (nSPS) is 10.8. The first-order chi connectivity index (χ1) is 8.04. The van der Waals surface area contributed by atoms with E-state index in [0.717, 1.165) is 9.35 Å². The maximum Gasteiger partial charge on any atom is 0.222 e. The average Bonchev–Trinajstić information content (AvgIpc) is 2.82. The third-order valence-corrected chi connectivity index (χ3v) is 4.80. The minimum atomic E-state index is -0.0758. The molecule has 90 valence electrons. The fraction of sp³-hybridized carbons (Fsp3) is 0.273. The number of hydrogen-bond donors (Lipinski definition) is 0. The van der Waals surface area contributed by atoms with E-state index in [9.17, 15) is 4.79 Å². The molecule has 17 heavy (non-hydrogen) atoms. The van der Waals surface area contributed by atoms with Crippen molar-refractivity contribution in [3.8, 4) is 0 Å². The molecule has 0 amide bonds. The second kappa shape index (κ2) is 4.92. The first-order valence-electron chi connectivity index (χ1n) is 5.06. The third-order valence-electron chi connectivity index (χ3n) is 2.39. The standard InChI is InChI=1S/C11H10BrClN2OS/c1-3-15-9(7(13)5-14-15)10(16)8-4-6(2)11(12)17-8/h4-5H,3H2,1-2H3. The molecule has 2 aromatic rings. The van der Waals surface area contributed by atoms with Crippen molar-refractivity contribution in [1.82, 2.24) is 9.78 Å². The van der Waals surface area contributed by atoms with Crippen molar-refractivity contribution >= 4 is 44.7 Å². The average molecular weight is 334 g/mol. The number of thiophene rings is 1. The highest BCUT2D eigenvalue weighted by Crippen LogP contribution is 2.30.